The fourth-order valence-electron chi connectivity index (χ4n) is 3.70. The number of rotatable bonds is 7. The second-order valence-electron chi connectivity index (χ2n) is 7.56. The van der Waals surface area contributed by atoms with Crippen molar-refractivity contribution in [3.63, 3.8) is 0 Å². The lowest BCUT2D eigenvalue weighted by atomic mass is 9.96. The van der Waals surface area contributed by atoms with E-state index in [2.05, 4.69) is 29.3 Å². The maximum absolute atomic E-state index is 12.8. The Morgan fingerprint density at radius 1 is 1.14 bits per heavy atom. The Hall–Kier alpha value is -1.55. The van der Waals surface area contributed by atoms with Crippen LogP contribution >= 0.6 is 23.2 Å². The van der Waals surface area contributed by atoms with Gasteiger partial charge in [0, 0.05) is 34.4 Å². The highest BCUT2D eigenvalue weighted by molar-refractivity contribution is 6.35. The summed E-state index contributed by atoms with van der Waals surface area (Å²) in [5.74, 6) is 0.0750. The predicted octanol–water partition coefficient (Wildman–Crippen LogP) is 6.19. The van der Waals surface area contributed by atoms with Gasteiger partial charge in [-0.15, -0.1) is 0 Å². The average Bonchev–Trinajstić information content (AvgIpc) is 2.70. The molecule has 0 spiro atoms. The molecule has 0 bridgehead atoms. The van der Waals surface area contributed by atoms with E-state index in [1.807, 2.05) is 30.3 Å². The van der Waals surface area contributed by atoms with E-state index in [0.29, 0.717) is 16.6 Å². The summed E-state index contributed by atoms with van der Waals surface area (Å²) in [7, 11) is 0. The SMILES string of the molecule is CCCCc1ccc(NC(=O)C2CCCN(Cc3c(Cl)cccc3Cl)C2)cc1. The van der Waals surface area contributed by atoms with Crippen molar-refractivity contribution in [2.24, 2.45) is 5.92 Å². The first kappa shape index (κ1) is 21.2. The molecular weight excluding hydrogens is 391 g/mol. The molecule has 1 N–H and O–H groups in total. The van der Waals surface area contributed by atoms with Crippen molar-refractivity contribution in [1.82, 2.24) is 4.90 Å². The highest BCUT2D eigenvalue weighted by Crippen LogP contribution is 2.28. The number of hydrogen-bond acceptors (Lipinski definition) is 2. The summed E-state index contributed by atoms with van der Waals surface area (Å²) in [6.45, 7) is 4.55. The van der Waals surface area contributed by atoms with Crippen LogP contribution in [-0.4, -0.2) is 23.9 Å². The van der Waals surface area contributed by atoms with E-state index < -0.39 is 0 Å². The smallest absolute Gasteiger partial charge is 0.228 e. The topological polar surface area (TPSA) is 32.3 Å². The first-order valence-corrected chi connectivity index (χ1v) is 10.9. The molecule has 0 aromatic heterocycles. The highest BCUT2D eigenvalue weighted by Gasteiger charge is 2.26. The molecular formula is C23H28Cl2N2O. The van der Waals surface area contributed by atoms with Crippen LogP contribution in [0.15, 0.2) is 42.5 Å². The van der Waals surface area contributed by atoms with Crippen LogP contribution in [0.25, 0.3) is 0 Å². The first-order chi connectivity index (χ1) is 13.6. The number of carbonyl (C=O) groups is 1. The molecule has 1 saturated heterocycles. The zero-order chi connectivity index (χ0) is 19.9. The fraction of sp³-hybridized carbons (Fsp3) is 0.435. The van der Waals surface area contributed by atoms with Crippen LogP contribution in [0, 0.1) is 5.92 Å². The van der Waals surface area contributed by atoms with Crippen LogP contribution in [0.5, 0.6) is 0 Å². The van der Waals surface area contributed by atoms with Gasteiger partial charge in [0.2, 0.25) is 5.91 Å². The second kappa shape index (κ2) is 10.3. The van der Waals surface area contributed by atoms with Gasteiger partial charge in [-0.1, -0.05) is 54.7 Å². The molecule has 1 fully saturated rings. The van der Waals surface area contributed by atoms with Crippen molar-refractivity contribution in [2.75, 3.05) is 18.4 Å². The normalized spacial score (nSPS) is 17.5. The third kappa shape index (κ3) is 5.73. The number of hydrogen-bond donors (Lipinski definition) is 1. The summed E-state index contributed by atoms with van der Waals surface area (Å²) in [6, 6.07) is 13.8. The van der Waals surface area contributed by atoms with Gasteiger partial charge in [0.05, 0.1) is 5.92 Å². The van der Waals surface area contributed by atoms with Gasteiger partial charge in [0.15, 0.2) is 0 Å². The van der Waals surface area contributed by atoms with Crippen LogP contribution in [0.1, 0.15) is 43.7 Å². The molecule has 1 unspecified atom stereocenters. The molecule has 2 aromatic carbocycles. The average molecular weight is 419 g/mol. The van der Waals surface area contributed by atoms with E-state index in [1.54, 1.807) is 0 Å². The number of nitrogens with one attached hydrogen (secondary N) is 1. The Morgan fingerprint density at radius 3 is 2.54 bits per heavy atom. The quantitative estimate of drug-likeness (QED) is 0.581. The molecule has 1 aliphatic heterocycles. The standard InChI is InChI=1S/C23H28Cl2N2O/c1-2-3-6-17-10-12-19(13-11-17)26-23(28)18-7-5-14-27(15-18)16-20-21(24)8-4-9-22(20)25/h4,8-13,18H,2-3,5-7,14-16H2,1H3,(H,26,28). The summed E-state index contributed by atoms with van der Waals surface area (Å²) in [5.41, 5.74) is 3.13. The molecule has 0 aliphatic carbocycles. The van der Waals surface area contributed by atoms with Crippen LogP contribution in [-0.2, 0) is 17.8 Å². The number of piperidine rings is 1. The maximum atomic E-state index is 12.8. The summed E-state index contributed by atoms with van der Waals surface area (Å²) >= 11 is 12.6. The number of nitrogens with zero attached hydrogens (tertiary/aromatic N) is 1. The Balaban J connectivity index is 1.57. The second-order valence-corrected chi connectivity index (χ2v) is 8.38. The minimum absolute atomic E-state index is 0.0187. The number of aryl methyl sites for hydroxylation is 1. The minimum Gasteiger partial charge on any atom is -0.326 e. The molecule has 1 amide bonds. The lowest BCUT2D eigenvalue weighted by Gasteiger charge is -2.32. The summed E-state index contributed by atoms with van der Waals surface area (Å²) < 4.78 is 0. The van der Waals surface area contributed by atoms with Crippen molar-refractivity contribution in [1.29, 1.82) is 0 Å². The third-order valence-electron chi connectivity index (χ3n) is 5.36. The number of carbonyl (C=O) groups excluding carboxylic acids is 1. The van der Waals surface area contributed by atoms with Gasteiger partial charge in [-0.2, -0.15) is 0 Å². The van der Waals surface area contributed by atoms with Crippen molar-refractivity contribution in [3.05, 3.63) is 63.6 Å². The van der Waals surface area contributed by atoms with E-state index in [0.717, 1.165) is 43.6 Å². The Kier molecular flexibility index (Phi) is 7.78. The Bertz CT molecular complexity index is 771. The number of anilines is 1. The van der Waals surface area contributed by atoms with Gasteiger partial charge in [-0.05, 0) is 62.1 Å². The van der Waals surface area contributed by atoms with E-state index in [-0.39, 0.29) is 11.8 Å². The number of halogens is 2. The van der Waals surface area contributed by atoms with Crippen molar-refractivity contribution < 1.29 is 4.79 Å². The summed E-state index contributed by atoms with van der Waals surface area (Å²) in [4.78, 5) is 15.0. The molecule has 1 atom stereocenters. The molecule has 1 aliphatic rings. The molecule has 3 rings (SSSR count). The van der Waals surface area contributed by atoms with E-state index in [9.17, 15) is 4.79 Å². The Labute approximate surface area is 178 Å². The molecule has 2 aromatic rings. The summed E-state index contributed by atoms with van der Waals surface area (Å²) in [5, 5.41) is 4.45. The van der Waals surface area contributed by atoms with Gasteiger partial charge in [0.25, 0.3) is 0 Å². The van der Waals surface area contributed by atoms with E-state index >= 15 is 0 Å². The minimum atomic E-state index is -0.0187. The number of likely N-dealkylation sites (tertiary alicyclic amines) is 1. The maximum Gasteiger partial charge on any atom is 0.228 e. The lowest BCUT2D eigenvalue weighted by Crippen LogP contribution is -2.40. The zero-order valence-electron chi connectivity index (χ0n) is 16.4. The monoisotopic (exact) mass is 418 g/mol. The molecule has 0 saturated carbocycles. The van der Waals surface area contributed by atoms with Crippen LogP contribution < -0.4 is 5.32 Å². The van der Waals surface area contributed by atoms with Gasteiger partial charge in [-0.25, -0.2) is 0 Å². The van der Waals surface area contributed by atoms with Gasteiger partial charge in [-0.3, -0.25) is 9.69 Å². The number of benzene rings is 2. The fourth-order valence-corrected chi connectivity index (χ4v) is 4.22. The van der Waals surface area contributed by atoms with E-state index in [1.165, 1.54) is 18.4 Å². The van der Waals surface area contributed by atoms with Crippen LogP contribution in [0.2, 0.25) is 10.0 Å². The van der Waals surface area contributed by atoms with Crippen molar-refractivity contribution in [3.8, 4) is 0 Å². The van der Waals surface area contributed by atoms with Crippen LogP contribution in [0.4, 0.5) is 5.69 Å². The first-order valence-electron chi connectivity index (χ1n) is 10.1. The molecule has 5 heteroatoms. The zero-order valence-corrected chi connectivity index (χ0v) is 17.9. The molecule has 1 heterocycles. The predicted molar refractivity (Wildman–Crippen MR) is 118 cm³/mol. The highest BCUT2D eigenvalue weighted by atomic mass is 35.5. The number of amides is 1. The van der Waals surface area contributed by atoms with Gasteiger partial charge >= 0.3 is 0 Å². The van der Waals surface area contributed by atoms with E-state index in [4.69, 9.17) is 23.2 Å². The lowest BCUT2D eigenvalue weighted by molar-refractivity contribution is -0.121. The molecule has 0 radical (unpaired) electrons. The van der Waals surface area contributed by atoms with Gasteiger partial charge in [0.1, 0.15) is 0 Å². The van der Waals surface area contributed by atoms with Crippen molar-refractivity contribution >= 4 is 34.8 Å². The van der Waals surface area contributed by atoms with Gasteiger partial charge < -0.3 is 5.32 Å². The largest absolute Gasteiger partial charge is 0.326 e. The summed E-state index contributed by atoms with van der Waals surface area (Å²) in [6.07, 6.45) is 5.38. The third-order valence-corrected chi connectivity index (χ3v) is 6.07. The number of unbranched alkanes of at least 4 members (excludes halogenated alkanes) is 1. The molecule has 150 valence electrons. The molecule has 3 nitrogen and oxygen atoms in total. The molecule has 28 heavy (non-hydrogen) atoms. The Morgan fingerprint density at radius 2 is 1.86 bits per heavy atom. The van der Waals surface area contributed by atoms with Crippen molar-refractivity contribution in [2.45, 2.75) is 45.6 Å². The van der Waals surface area contributed by atoms with Crippen LogP contribution in [0.3, 0.4) is 0 Å².